The maximum atomic E-state index is 12.0. The van der Waals surface area contributed by atoms with Crippen molar-refractivity contribution in [2.75, 3.05) is 18.1 Å². The van der Waals surface area contributed by atoms with Gasteiger partial charge >= 0.3 is 5.97 Å². The quantitative estimate of drug-likeness (QED) is 0.388. The Hall–Kier alpha value is -1.29. The maximum absolute atomic E-state index is 12.0. The first-order valence-corrected chi connectivity index (χ1v) is 8.00. The molecule has 0 aromatic carbocycles. The molecule has 0 spiro atoms. The first-order valence-electron chi connectivity index (χ1n) is 6.51. The number of hydrogen-bond acceptors (Lipinski definition) is 6. The molecular formula is C12H18N2O6S. The van der Waals surface area contributed by atoms with Gasteiger partial charge in [0.1, 0.15) is 5.70 Å². The summed E-state index contributed by atoms with van der Waals surface area (Å²) in [6.07, 6.45) is -0.498. The lowest BCUT2D eigenvalue weighted by atomic mass is 9.83. The standard InChI is InChI=1S/C12H18N2O6S/c1-6(15)9-8-4-7(5-21(19)3-2-20-13)10(12(17)18)14(8)11(9)16/h6,8-9,15H,2-5,13H2,1H3,(H,17,18). The third-order valence-corrected chi connectivity index (χ3v) is 5.08. The highest BCUT2D eigenvalue weighted by atomic mass is 32.2. The Labute approximate surface area is 124 Å². The molecule has 1 amide bonds. The summed E-state index contributed by atoms with van der Waals surface area (Å²) in [5.41, 5.74) is 0.378. The minimum atomic E-state index is -1.31. The second-order valence-corrected chi connectivity index (χ2v) is 6.74. The number of rotatable bonds is 7. The van der Waals surface area contributed by atoms with Crippen molar-refractivity contribution < 1.29 is 28.8 Å². The molecule has 2 aliphatic rings. The molecule has 9 heteroatoms. The molecule has 2 heterocycles. The van der Waals surface area contributed by atoms with Gasteiger partial charge in [0.15, 0.2) is 0 Å². The fraction of sp³-hybridized carbons (Fsp3) is 0.667. The third kappa shape index (κ3) is 2.86. The van der Waals surface area contributed by atoms with Crippen molar-refractivity contribution >= 4 is 22.7 Å². The highest BCUT2D eigenvalue weighted by molar-refractivity contribution is 7.85. The van der Waals surface area contributed by atoms with Gasteiger partial charge < -0.3 is 20.0 Å². The van der Waals surface area contributed by atoms with E-state index in [0.29, 0.717) is 12.0 Å². The number of fused-ring (bicyclic) bond motifs is 1. The van der Waals surface area contributed by atoms with Gasteiger partial charge in [0.2, 0.25) is 5.91 Å². The van der Waals surface area contributed by atoms with E-state index in [4.69, 9.17) is 5.90 Å². The van der Waals surface area contributed by atoms with Gasteiger partial charge in [-0.2, -0.15) is 0 Å². The molecule has 4 N–H and O–H groups in total. The summed E-state index contributed by atoms with van der Waals surface area (Å²) < 4.78 is 11.9. The maximum Gasteiger partial charge on any atom is 0.352 e. The molecule has 118 valence electrons. The van der Waals surface area contributed by atoms with Crippen LogP contribution in [0, 0.1) is 5.92 Å². The van der Waals surface area contributed by atoms with Crippen LogP contribution >= 0.6 is 0 Å². The number of carboxylic acid groups (broad SMARTS) is 1. The van der Waals surface area contributed by atoms with Crippen molar-refractivity contribution in [2.45, 2.75) is 25.5 Å². The number of nitrogens with zero attached hydrogens (tertiary/aromatic N) is 1. The molecule has 0 aliphatic carbocycles. The molecule has 1 saturated heterocycles. The topological polar surface area (TPSA) is 130 Å². The van der Waals surface area contributed by atoms with E-state index in [1.807, 2.05) is 0 Å². The number of nitrogens with two attached hydrogens (primary N) is 1. The Morgan fingerprint density at radius 1 is 1.62 bits per heavy atom. The van der Waals surface area contributed by atoms with E-state index < -0.39 is 34.7 Å². The van der Waals surface area contributed by atoms with Crippen molar-refractivity contribution in [1.82, 2.24) is 4.90 Å². The second-order valence-electron chi connectivity index (χ2n) is 5.16. The molecule has 0 bridgehead atoms. The number of amides is 1. The summed E-state index contributed by atoms with van der Waals surface area (Å²) in [6, 6.07) is -0.346. The normalized spacial score (nSPS) is 27.4. The molecule has 2 rings (SSSR count). The van der Waals surface area contributed by atoms with Crippen LogP contribution in [-0.2, 0) is 25.2 Å². The first-order chi connectivity index (χ1) is 9.88. The minimum Gasteiger partial charge on any atom is -0.477 e. The number of hydrogen-bond donors (Lipinski definition) is 3. The zero-order valence-corrected chi connectivity index (χ0v) is 12.3. The summed E-state index contributed by atoms with van der Waals surface area (Å²) in [7, 11) is -1.31. The number of β-lactam (4-membered cyclic amide) rings is 1. The molecule has 21 heavy (non-hydrogen) atoms. The zero-order valence-electron chi connectivity index (χ0n) is 11.5. The van der Waals surface area contributed by atoms with Gasteiger partial charge in [-0.15, -0.1) is 0 Å². The smallest absolute Gasteiger partial charge is 0.352 e. The Morgan fingerprint density at radius 2 is 2.29 bits per heavy atom. The van der Waals surface area contributed by atoms with Crippen molar-refractivity contribution in [3.8, 4) is 0 Å². The lowest BCUT2D eigenvalue weighted by Crippen LogP contribution is -2.61. The van der Waals surface area contributed by atoms with E-state index in [2.05, 4.69) is 4.84 Å². The predicted molar refractivity (Wildman–Crippen MR) is 73.1 cm³/mol. The van der Waals surface area contributed by atoms with Gasteiger partial charge in [0.05, 0.1) is 24.7 Å². The summed E-state index contributed by atoms with van der Waals surface area (Å²) >= 11 is 0. The van der Waals surface area contributed by atoms with Crippen LogP contribution in [0.4, 0.5) is 0 Å². The van der Waals surface area contributed by atoms with Gasteiger partial charge in [-0.1, -0.05) is 0 Å². The van der Waals surface area contributed by atoms with E-state index in [1.54, 1.807) is 0 Å². The van der Waals surface area contributed by atoms with Crippen LogP contribution in [0.25, 0.3) is 0 Å². The fourth-order valence-corrected chi connectivity index (χ4v) is 3.97. The summed E-state index contributed by atoms with van der Waals surface area (Å²) in [4.78, 5) is 28.9. The second kappa shape index (κ2) is 6.22. The fourth-order valence-electron chi connectivity index (χ4n) is 2.90. The molecule has 0 saturated carbocycles. The van der Waals surface area contributed by atoms with Crippen LogP contribution in [0.5, 0.6) is 0 Å². The number of carboxylic acids is 1. The van der Waals surface area contributed by atoms with E-state index >= 15 is 0 Å². The SMILES string of the molecule is CC(O)C1C(=O)N2C(C(=O)O)=C(CS(=O)CCON)CC12. The Kier molecular flexibility index (Phi) is 4.77. The van der Waals surface area contributed by atoms with Crippen LogP contribution in [0.1, 0.15) is 13.3 Å². The van der Waals surface area contributed by atoms with Crippen LogP contribution in [0.3, 0.4) is 0 Å². The van der Waals surface area contributed by atoms with Crippen molar-refractivity contribution in [3.05, 3.63) is 11.3 Å². The van der Waals surface area contributed by atoms with Gasteiger partial charge in [0, 0.05) is 22.3 Å². The summed E-state index contributed by atoms with van der Waals surface area (Å²) in [6.45, 7) is 1.62. The Balaban J connectivity index is 2.15. The van der Waals surface area contributed by atoms with Gasteiger partial charge in [-0.3, -0.25) is 9.00 Å². The third-order valence-electron chi connectivity index (χ3n) is 3.79. The van der Waals surface area contributed by atoms with Crippen LogP contribution in [-0.4, -0.2) is 61.5 Å². The average Bonchev–Trinajstić information content (AvgIpc) is 2.70. The zero-order chi connectivity index (χ0) is 15.7. The molecule has 2 aliphatic heterocycles. The molecule has 8 nitrogen and oxygen atoms in total. The Bertz CT molecular complexity index is 518. The van der Waals surface area contributed by atoms with E-state index in [9.17, 15) is 24.0 Å². The lowest BCUT2D eigenvalue weighted by Gasteiger charge is -2.44. The van der Waals surface area contributed by atoms with Crippen LogP contribution in [0.2, 0.25) is 0 Å². The molecule has 0 radical (unpaired) electrons. The van der Waals surface area contributed by atoms with Gasteiger partial charge in [-0.05, 0) is 18.9 Å². The summed E-state index contributed by atoms with van der Waals surface area (Å²) in [5.74, 6) is 2.94. The molecule has 0 aromatic heterocycles. The number of carbonyl (C=O) groups is 2. The van der Waals surface area contributed by atoms with E-state index in [-0.39, 0.29) is 29.9 Å². The van der Waals surface area contributed by atoms with Crippen molar-refractivity contribution in [2.24, 2.45) is 11.8 Å². The monoisotopic (exact) mass is 318 g/mol. The van der Waals surface area contributed by atoms with Crippen LogP contribution < -0.4 is 5.90 Å². The molecule has 0 aromatic rings. The average molecular weight is 318 g/mol. The lowest BCUT2D eigenvalue weighted by molar-refractivity contribution is -0.161. The highest BCUT2D eigenvalue weighted by Gasteiger charge is 2.56. The van der Waals surface area contributed by atoms with Gasteiger partial charge in [0.25, 0.3) is 0 Å². The van der Waals surface area contributed by atoms with Crippen molar-refractivity contribution in [1.29, 1.82) is 0 Å². The summed E-state index contributed by atoms with van der Waals surface area (Å²) in [5, 5.41) is 18.9. The van der Waals surface area contributed by atoms with Crippen LogP contribution in [0.15, 0.2) is 11.3 Å². The number of carbonyl (C=O) groups excluding carboxylic acids is 1. The minimum absolute atomic E-state index is 0.0673. The molecule has 4 unspecified atom stereocenters. The predicted octanol–water partition coefficient (Wildman–Crippen LogP) is -1.42. The van der Waals surface area contributed by atoms with Crippen molar-refractivity contribution in [3.63, 3.8) is 0 Å². The van der Waals surface area contributed by atoms with Gasteiger partial charge in [-0.25, -0.2) is 10.7 Å². The molecular weight excluding hydrogens is 300 g/mol. The number of aliphatic carboxylic acids is 1. The highest BCUT2D eigenvalue weighted by Crippen LogP contribution is 2.43. The molecule has 4 atom stereocenters. The largest absolute Gasteiger partial charge is 0.477 e. The molecule has 1 fully saturated rings. The Morgan fingerprint density at radius 3 is 2.81 bits per heavy atom. The van der Waals surface area contributed by atoms with E-state index in [0.717, 1.165) is 0 Å². The first kappa shape index (κ1) is 16.1. The van der Waals surface area contributed by atoms with E-state index in [1.165, 1.54) is 11.8 Å². The number of aliphatic hydroxyl groups excluding tert-OH is 1. The number of aliphatic hydroxyl groups is 1.